The molecule has 2 rings (SSSR count). The Morgan fingerprint density at radius 3 is 2.48 bits per heavy atom. The predicted molar refractivity (Wildman–Crippen MR) is 79.7 cm³/mol. The molecule has 4 nitrogen and oxygen atoms in total. The van der Waals surface area contributed by atoms with Crippen LogP contribution in [0.25, 0.3) is 11.1 Å². The van der Waals surface area contributed by atoms with Crippen LogP contribution in [0.2, 0.25) is 0 Å². The molecular formula is C17H18O4. The molecule has 0 fully saturated rings. The summed E-state index contributed by atoms with van der Waals surface area (Å²) in [5, 5.41) is 0. The van der Waals surface area contributed by atoms with Gasteiger partial charge in [0.2, 0.25) is 0 Å². The first-order chi connectivity index (χ1) is 10.2. The van der Waals surface area contributed by atoms with Crippen LogP contribution in [0, 0.1) is 0 Å². The molecule has 0 aliphatic rings. The molecule has 0 aliphatic heterocycles. The minimum Gasteiger partial charge on any atom is -0.382 e. The normalized spacial score (nSPS) is 11.9. The van der Waals surface area contributed by atoms with Gasteiger partial charge in [-0.25, -0.2) is 4.79 Å². The van der Waals surface area contributed by atoms with Gasteiger partial charge in [-0.1, -0.05) is 42.5 Å². The molecule has 2 aromatic rings. The number of carbonyl (C=O) groups excluding carboxylic acids is 1. The molecule has 0 aromatic heterocycles. The van der Waals surface area contributed by atoms with Gasteiger partial charge in [-0.05, 0) is 30.2 Å². The lowest BCUT2D eigenvalue weighted by Crippen LogP contribution is -2.18. The zero-order chi connectivity index (χ0) is 15.1. The smallest absolute Gasteiger partial charge is 0.373 e. The molecule has 0 bridgehead atoms. The lowest BCUT2D eigenvalue weighted by molar-refractivity contribution is -0.276. The molecule has 1 atom stereocenters. The van der Waals surface area contributed by atoms with Crippen molar-refractivity contribution < 1.29 is 19.3 Å². The van der Waals surface area contributed by atoms with E-state index < -0.39 is 5.97 Å². The molecule has 2 aromatic carbocycles. The fourth-order valence-corrected chi connectivity index (χ4v) is 1.89. The van der Waals surface area contributed by atoms with E-state index in [2.05, 4.69) is 0 Å². The van der Waals surface area contributed by atoms with Gasteiger partial charge in [0, 0.05) is 7.11 Å². The molecule has 0 spiro atoms. The first-order valence-electron chi connectivity index (χ1n) is 6.73. The average molecular weight is 286 g/mol. The van der Waals surface area contributed by atoms with Crippen LogP contribution in [0.15, 0.2) is 54.6 Å². The van der Waals surface area contributed by atoms with Crippen molar-refractivity contribution >= 4 is 5.97 Å². The summed E-state index contributed by atoms with van der Waals surface area (Å²) in [6.45, 7) is 2.12. The summed E-state index contributed by atoms with van der Waals surface area (Å²) >= 11 is 0. The Morgan fingerprint density at radius 2 is 1.76 bits per heavy atom. The van der Waals surface area contributed by atoms with E-state index >= 15 is 0 Å². The highest BCUT2D eigenvalue weighted by molar-refractivity contribution is 5.90. The molecule has 0 radical (unpaired) electrons. The molecule has 0 saturated heterocycles. The zero-order valence-electron chi connectivity index (χ0n) is 12.1. The van der Waals surface area contributed by atoms with Crippen LogP contribution in [0.3, 0.4) is 0 Å². The standard InChI is InChI=1S/C17H18O4/c1-13(12-19-2)20-21-17(18)16-10-6-9-15(11-16)14-7-4-3-5-8-14/h3-11,13H,12H2,1-2H3. The highest BCUT2D eigenvalue weighted by Gasteiger charge is 2.12. The van der Waals surface area contributed by atoms with Crippen LogP contribution in [0.1, 0.15) is 17.3 Å². The summed E-state index contributed by atoms with van der Waals surface area (Å²) < 4.78 is 4.90. The van der Waals surface area contributed by atoms with Crippen molar-refractivity contribution in [1.29, 1.82) is 0 Å². The quantitative estimate of drug-likeness (QED) is 0.602. The Labute approximate surface area is 124 Å². The van der Waals surface area contributed by atoms with E-state index in [0.717, 1.165) is 11.1 Å². The second kappa shape index (κ2) is 7.57. The fraction of sp³-hybridized carbons (Fsp3) is 0.235. The summed E-state index contributed by atoms with van der Waals surface area (Å²) in [4.78, 5) is 21.7. The summed E-state index contributed by atoms with van der Waals surface area (Å²) in [6.07, 6.45) is -0.309. The van der Waals surface area contributed by atoms with Gasteiger partial charge < -0.3 is 4.74 Å². The maximum atomic E-state index is 11.9. The highest BCUT2D eigenvalue weighted by atomic mass is 17.2. The van der Waals surface area contributed by atoms with Crippen LogP contribution in [0.5, 0.6) is 0 Å². The van der Waals surface area contributed by atoms with Crippen molar-refractivity contribution in [3.63, 3.8) is 0 Å². The Bertz CT molecular complexity index is 580. The van der Waals surface area contributed by atoms with E-state index in [0.29, 0.717) is 12.2 Å². The van der Waals surface area contributed by atoms with Crippen molar-refractivity contribution in [3.8, 4) is 11.1 Å². The van der Waals surface area contributed by atoms with Crippen LogP contribution in [-0.4, -0.2) is 25.8 Å². The van der Waals surface area contributed by atoms with E-state index in [4.69, 9.17) is 14.5 Å². The van der Waals surface area contributed by atoms with E-state index in [1.165, 1.54) is 0 Å². The Morgan fingerprint density at radius 1 is 1.05 bits per heavy atom. The van der Waals surface area contributed by atoms with Crippen molar-refractivity contribution in [1.82, 2.24) is 0 Å². The minimum absolute atomic E-state index is 0.309. The van der Waals surface area contributed by atoms with E-state index in [1.807, 2.05) is 42.5 Å². The Balaban J connectivity index is 2.05. The monoisotopic (exact) mass is 286 g/mol. The first kappa shape index (κ1) is 15.2. The topological polar surface area (TPSA) is 44.8 Å². The number of rotatable bonds is 6. The SMILES string of the molecule is COCC(C)OOC(=O)c1cccc(-c2ccccc2)c1. The zero-order valence-corrected chi connectivity index (χ0v) is 12.1. The Hall–Kier alpha value is -2.17. The van der Waals surface area contributed by atoms with Gasteiger partial charge in [-0.15, -0.1) is 0 Å². The molecule has 0 heterocycles. The summed E-state index contributed by atoms with van der Waals surface area (Å²) in [7, 11) is 1.56. The van der Waals surface area contributed by atoms with Crippen LogP contribution in [0.4, 0.5) is 0 Å². The fourth-order valence-electron chi connectivity index (χ4n) is 1.89. The minimum atomic E-state index is -0.518. The second-order valence-electron chi connectivity index (χ2n) is 4.68. The highest BCUT2D eigenvalue weighted by Crippen LogP contribution is 2.20. The third kappa shape index (κ3) is 4.41. The number of methoxy groups -OCH3 is 1. The summed E-state index contributed by atoms with van der Waals surface area (Å²) in [6, 6.07) is 17.1. The van der Waals surface area contributed by atoms with Gasteiger partial charge in [-0.2, -0.15) is 4.89 Å². The molecule has 110 valence electrons. The lowest BCUT2D eigenvalue weighted by Gasteiger charge is -2.10. The molecule has 4 heteroatoms. The van der Waals surface area contributed by atoms with Gasteiger partial charge in [0.05, 0.1) is 12.2 Å². The summed E-state index contributed by atoms with van der Waals surface area (Å²) in [5.74, 6) is -0.518. The lowest BCUT2D eigenvalue weighted by atomic mass is 10.0. The predicted octanol–water partition coefficient (Wildman–Crippen LogP) is 3.48. The average Bonchev–Trinajstić information content (AvgIpc) is 2.54. The number of hydrogen-bond acceptors (Lipinski definition) is 4. The number of benzene rings is 2. The number of hydrogen-bond donors (Lipinski definition) is 0. The Kier molecular flexibility index (Phi) is 5.49. The number of carbonyl (C=O) groups is 1. The van der Waals surface area contributed by atoms with Crippen molar-refractivity contribution in [2.45, 2.75) is 13.0 Å². The van der Waals surface area contributed by atoms with Crippen molar-refractivity contribution in [2.24, 2.45) is 0 Å². The van der Waals surface area contributed by atoms with Crippen molar-refractivity contribution in [2.75, 3.05) is 13.7 Å². The number of ether oxygens (including phenoxy) is 1. The van der Waals surface area contributed by atoms with E-state index in [1.54, 1.807) is 26.2 Å². The van der Waals surface area contributed by atoms with Gasteiger partial charge in [0.25, 0.3) is 0 Å². The molecule has 0 N–H and O–H groups in total. The van der Waals surface area contributed by atoms with Crippen LogP contribution < -0.4 is 0 Å². The van der Waals surface area contributed by atoms with Crippen LogP contribution >= 0.6 is 0 Å². The maximum absolute atomic E-state index is 11.9. The molecule has 21 heavy (non-hydrogen) atoms. The maximum Gasteiger partial charge on any atom is 0.373 e. The van der Waals surface area contributed by atoms with Crippen molar-refractivity contribution in [3.05, 3.63) is 60.2 Å². The molecule has 0 saturated carbocycles. The summed E-state index contributed by atoms with van der Waals surface area (Å²) in [5.41, 5.74) is 2.44. The molecular weight excluding hydrogens is 268 g/mol. The second-order valence-corrected chi connectivity index (χ2v) is 4.68. The largest absolute Gasteiger partial charge is 0.382 e. The molecule has 1 unspecified atom stereocenters. The molecule has 0 amide bonds. The van der Waals surface area contributed by atoms with E-state index in [-0.39, 0.29) is 6.10 Å². The molecule has 0 aliphatic carbocycles. The van der Waals surface area contributed by atoms with Gasteiger partial charge in [-0.3, -0.25) is 4.89 Å². The van der Waals surface area contributed by atoms with Gasteiger partial charge >= 0.3 is 5.97 Å². The van der Waals surface area contributed by atoms with Gasteiger partial charge in [0.1, 0.15) is 6.10 Å². The van der Waals surface area contributed by atoms with Gasteiger partial charge in [0.15, 0.2) is 0 Å². The van der Waals surface area contributed by atoms with Crippen LogP contribution in [-0.2, 0) is 14.5 Å². The third-order valence-corrected chi connectivity index (χ3v) is 2.89. The van der Waals surface area contributed by atoms with E-state index in [9.17, 15) is 4.79 Å². The third-order valence-electron chi connectivity index (χ3n) is 2.89. The first-order valence-corrected chi connectivity index (χ1v) is 6.73.